The van der Waals surface area contributed by atoms with Gasteiger partial charge in [-0.1, -0.05) is 18.2 Å². The fraction of sp³-hybridized carbons (Fsp3) is 0.286. The average molecular weight is 411 g/mol. The number of imide groups is 1. The molecular formula is C21H21N3O6. The van der Waals surface area contributed by atoms with Crippen molar-refractivity contribution in [2.45, 2.75) is 18.9 Å². The first kappa shape index (κ1) is 19.6. The molecule has 2 aromatic carbocycles. The second-order valence-electron chi connectivity index (χ2n) is 7.27. The lowest BCUT2D eigenvalue weighted by Gasteiger charge is -2.22. The maximum Gasteiger partial charge on any atom is 0.325 e. The minimum atomic E-state index is -1.17. The van der Waals surface area contributed by atoms with Crippen LogP contribution in [0.15, 0.2) is 42.5 Å². The van der Waals surface area contributed by atoms with E-state index in [2.05, 4.69) is 10.6 Å². The molecule has 0 spiro atoms. The van der Waals surface area contributed by atoms with Gasteiger partial charge in [-0.2, -0.15) is 0 Å². The lowest BCUT2D eigenvalue weighted by Crippen LogP contribution is -2.46. The van der Waals surface area contributed by atoms with Crippen molar-refractivity contribution in [1.82, 2.24) is 10.2 Å². The van der Waals surface area contributed by atoms with Crippen molar-refractivity contribution in [2.75, 3.05) is 25.8 Å². The van der Waals surface area contributed by atoms with Crippen LogP contribution in [0.2, 0.25) is 0 Å². The van der Waals surface area contributed by atoms with Crippen LogP contribution < -0.4 is 24.8 Å². The minimum Gasteiger partial charge on any atom is -0.495 e. The van der Waals surface area contributed by atoms with E-state index in [0.717, 1.165) is 10.5 Å². The number of para-hydroxylation sites is 2. The number of methoxy groups -OCH3 is 1. The number of urea groups is 1. The topological polar surface area (TPSA) is 106 Å². The van der Waals surface area contributed by atoms with Crippen molar-refractivity contribution in [1.29, 1.82) is 0 Å². The predicted octanol–water partition coefficient (Wildman–Crippen LogP) is 1.92. The molecule has 2 aromatic rings. The van der Waals surface area contributed by atoms with E-state index >= 15 is 0 Å². The van der Waals surface area contributed by atoms with E-state index in [1.165, 1.54) is 7.11 Å². The molecule has 1 saturated heterocycles. The fourth-order valence-corrected chi connectivity index (χ4v) is 3.55. The number of ether oxygens (including phenoxy) is 3. The number of hydrogen-bond donors (Lipinski definition) is 2. The summed E-state index contributed by atoms with van der Waals surface area (Å²) in [5.74, 6) is 0.743. The zero-order valence-electron chi connectivity index (χ0n) is 16.6. The van der Waals surface area contributed by atoms with E-state index in [1.54, 1.807) is 43.3 Å². The number of anilines is 1. The van der Waals surface area contributed by atoms with Crippen LogP contribution in [-0.2, 0) is 16.0 Å². The SMILES string of the molecule is COc1ccccc1NC(=O)CN1C(=O)N[C@](C)(Cc2ccc3c(c2)OCO3)C1=O. The molecule has 0 bridgehead atoms. The van der Waals surface area contributed by atoms with Crippen LogP contribution in [-0.4, -0.2) is 48.7 Å². The molecule has 9 nitrogen and oxygen atoms in total. The summed E-state index contributed by atoms with van der Waals surface area (Å²) in [6.07, 6.45) is 0.249. The molecule has 4 amide bonds. The van der Waals surface area contributed by atoms with Crippen molar-refractivity contribution in [2.24, 2.45) is 0 Å². The molecule has 4 rings (SSSR count). The molecule has 30 heavy (non-hydrogen) atoms. The van der Waals surface area contributed by atoms with Crippen molar-refractivity contribution >= 4 is 23.5 Å². The minimum absolute atomic E-state index is 0.154. The quantitative estimate of drug-likeness (QED) is 0.704. The Morgan fingerprint density at radius 1 is 1.20 bits per heavy atom. The Kier molecular flexibility index (Phi) is 4.94. The number of hydrogen-bond acceptors (Lipinski definition) is 6. The predicted molar refractivity (Wildman–Crippen MR) is 107 cm³/mol. The normalized spacial score (nSPS) is 19.6. The lowest BCUT2D eigenvalue weighted by molar-refractivity contribution is -0.133. The Bertz CT molecular complexity index is 1020. The molecule has 0 saturated carbocycles. The van der Waals surface area contributed by atoms with Crippen LogP contribution in [0.4, 0.5) is 10.5 Å². The number of nitrogens with one attached hydrogen (secondary N) is 2. The highest BCUT2D eigenvalue weighted by molar-refractivity contribution is 6.10. The van der Waals surface area contributed by atoms with Gasteiger partial charge in [0.25, 0.3) is 5.91 Å². The van der Waals surface area contributed by atoms with Crippen LogP contribution in [0.25, 0.3) is 0 Å². The van der Waals surface area contributed by atoms with Crippen LogP contribution in [0.3, 0.4) is 0 Å². The standard InChI is InChI=1S/C21H21N3O6/c1-21(10-13-7-8-16-17(9-13)30-12-29-16)19(26)24(20(27)23-21)11-18(25)22-14-5-3-4-6-15(14)28-2/h3-9H,10-12H2,1-2H3,(H,22,25)(H,23,27)/t21-/m1/s1. The van der Waals surface area contributed by atoms with Crippen molar-refractivity contribution < 1.29 is 28.6 Å². The summed E-state index contributed by atoms with van der Waals surface area (Å²) in [5, 5.41) is 5.37. The molecule has 0 aromatic heterocycles. The zero-order valence-corrected chi connectivity index (χ0v) is 16.6. The van der Waals surface area contributed by atoms with Crippen molar-refractivity contribution in [3.05, 3.63) is 48.0 Å². The van der Waals surface area contributed by atoms with E-state index in [1.807, 2.05) is 6.07 Å². The van der Waals surface area contributed by atoms with Gasteiger partial charge in [-0.15, -0.1) is 0 Å². The maximum atomic E-state index is 13.0. The number of nitrogens with zero attached hydrogens (tertiary/aromatic N) is 1. The van der Waals surface area contributed by atoms with Gasteiger partial charge in [-0.3, -0.25) is 14.5 Å². The number of rotatable bonds is 6. The van der Waals surface area contributed by atoms with Crippen molar-refractivity contribution in [3.63, 3.8) is 0 Å². The second-order valence-corrected chi connectivity index (χ2v) is 7.27. The first-order valence-electron chi connectivity index (χ1n) is 9.35. The highest BCUT2D eigenvalue weighted by Crippen LogP contribution is 2.34. The highest BCUT2D eigenvalue weighted by Gasteiger charge is 2.48. The highest BCUT2D eigenvalue weighted by atomic mass is 16.7. The second kappa shape index (κ2) is 7.58. The Hall–Kier alpha value is -3.75. The van der Waals surface area contributed by atoms with Crippen LogP contribution in [0.1, 0.15) is 12.5 Å². The summed E-state index contributed by atoms with van der Waals surface area (Å²) < 4.78 is 15.9. The van der Waals surface area contributed by atoms with Crippen LogP contribution >= 0.6 is 0 Å². The third kappa shape index (κ3) is 3.61. The molecule has 1 fully saturated rings. The molecule has 2 aliphatic heterocycles. The largest absolute Gasteiger partial charge is 0.495 e. The molecular weight excluding hydrogens is 390 g/mol. The monoisotopic (exact) mass is 411 g/mol. The molecule has 0 unspecified atom stereocenters. The smallest absolute Gasteiger partial charge is 0.325 e. The molecule has 0 aliphatic carbocycles. The average Bonchev–Trinajstić information content (AvgIpc) is 3.26. The molecule has 2 N–H and O–H groups in total. The Balaban J connectivity index is 1.44. The van der Waals surface area contributed by atoms with Gasteiger partial charge in [0.05, 0.1) is 12.8 Å². The summed E-state index contributed by atoms with van der Waals surface area (Å²) in [6.45, 7) is 1.39. The first-order valence-corrected chi connectivity index (χ1v) is 9.35. The first-order chi connectivity index (χ1) is 14.4. The number of carbonyl (C=O) groups excluding carboxylic acids is 3. The Labute approximate surface area is 172 Å². The summed E-state index contributed by atoms with van der Waals surface area (Å²) >= 11 is 0. The summed E-state index contributed by atoms with van der Waals surface area (Å²) in [4.78, 5) is 38.8. The summed E-state index contributed by atoms with van der Waals surface area (Å²) in [5.41, 5.74) is 0.0890. The number of carbonyl (C=O) groups is 3. The fourth-order valence-electron chi connectivity index (χ4n) is 3.55. The Morgan fingerprint density at radius 3 is 2.77 bits per heavy atom. The van der Waals surface area contributed by atoms with Gasteiger partial charge in [-0.05, 0) is 36.8 Å². The van der Waals surface area contributed by atoms with E-state index < -0.39 is 29.9 Å². The maximum absolute atomic E-state index is 13.0. The van der Waals surface area contributed by atoms with Crippen molar-refractivity contribution in [3.8, 4) is 17.2 Å². The third-order valence-corrected chi connectivity index (χ3v) is 5.02. The molecule has 2 aliphatic rings. The van der Waals surface area contributed by atoms with E-state index in [0.29, 0.717) is 22.9 Å². The summed E-state index contributed by atoms with van der Waals surface area (Å²) in [7, 11) is 1.49. The van der Waals surface area contributed by atoms with Gasteiger partial charge in [0.2, 0.25) is 12.7 Å². The van der Waals surface area contributed by atoms with Gasteiger partial charge in [0, 0.05) is 6.42 Å². The summed E-state index contributed by atoms with van der Waals surface area (Å²) in [6, 6.07) is 11.6. The lowest BCUT2D eigenvalue weighted by atomic mass is 9.92. The van der Waals surface area contributed by atoms with Gasteiger partial charge in [-0.25, -0.2) is 4.79 Å². The van der Waals surface area contributed by atoms with Gasteiger partial charge < -0.3 is 24.8 Å². The van der Waals surface area contributed by atoms with Gasteiger partial charge in [0.1, 0.15) is 17.8 Å². The van der Waals surface area contributed by atoms with Gasteiger partial charge in [0.15, 0.2) is 11.5 Å². The molecule has 1 atom stereocenters. The molecule has 2 heterocycles. The number of benzene rings is 2. The van der Waals surface area contributed by atoms with Crippen LogP contribution in [0, 0.1) is 0 Å². The Morgan fingerprint density at radius 2 is 1.97 bits per heavy atom. The van der Waals surface area contributed by atoms with E-state index in [4.69, 9.17) is 14.2 Å². The molecule has 156 valence electrons. The molecule has 9 heteroatoms. The molecule has 0 radical (unpaired) electrons. The number of fused-ring (bicyclic) bond motifs is 1. The zero-order chi connectivity index (χ0) is 21.3. The van der Waals surface area contributed by atoms with Gasteiger partial charge >= 0.3 is 6.03 Å². The third-order valence-electron chi connectivity index (χ3n) is 5.02. The van der Waals surface area contributed by atoms with Crippen LogP contribution in [0.5, 0.6) is 17.2 Å². The number of amides is 4. The van der Waals surface area contributed by atoms with E-state index in [9.17, 15) is 14.4 Å². The van der Waals surface area contributed by atoms with E-state index in [-0.39, 0.29) is 13.2 Å².